The second-order valence-electron chi connectivity index (χ2n) is 4.99. The minimum absolute atomic E-state index is 0.182. The van der Waals surface area contributed by atoms with Crippen molar-refractivity contribution in [2.24, 2.45) is 4.99 Å². The van der Waals surface area contributed by atoms with Gasteiger partial charge in [-0.1, -0.05) is 12.1 Å². The lowest BCUT2D eigenvalue weighted by Crippen LogP contribution is -2.41. The first kappa shape index (κ1) is 11.5. The number of rotatable bonds is 2. The van der Waals surface area contributed by atoms with Crippen LogP contribution in [0.5, 0.6) is 5.75 Å². The lowest BCUT2D eigenvalue weighted by atomic mass is 9.90. The first-order chi connectivity index (χ1) is 8.76. The highest BCUT2D eigenvalue weighted by molar-refractivity contribution is 6.00. The van der Waals surface area contributed by atoms with E-state index >= 15 is 0 Å². The summed E-state index contributed by atoms with van der Waals surface area (Å²) in [6.07, 6.45) is 2.43. The largest absolute Gasteiger partial charge is 0.497 e. The summed E-state index contributed by atoms with van der Waals surface area (Å²) in [5.41, 5.74) is 1.05. The summed E-state index contributed by atoms with van der Waals surface area (Å²) in [6.45, 7) is 0. The molecule has 0 radical (unpaired) electrons. The number of ether oxygens (including phenoxy) is 1. The number of hydrogen-bond acceptors (Lipinski definition) is 4. The summed E-state index contributed by atoms with van der Waals surface area (Å²) < 4.78 is 5.23. The Bertz CT molecular complexity index is 473. The Morgan fingerprint density at radius 2 is 2.28 bits per heavy atom. The summed E-state index contributed by atoms with van der Waals surface area (Å²) in [4.78, 5) is 4.73. The summed E-state index contributed by atoms with van der Waals surface area (Å²) in [5, 5.41) is 13.1. The standard InChI is InChI=1S/C14H18N2O2/c1-18-11-4-2-3-9(7-11)14-15-12-6-5-10(17)8-13(12)16-14/h2-4,7,10,12-13,17H,5-6,8H2,1H3,(H,15,16). The van der Waals surface area contributed by atoms with Crippen molar-refractivity contribution >= 4 is 5.84 Å². The maximum Gasteiger partial charge on any atom is 0.129 e. The van der Waals surface area contributed by atoms with Gasteiger partial charge < -0.3 is 15.2 Å². The van der Waals surface area contributed by atoms with Crippen LogP contribution in [0.3, 0.4) is 0 Å². The lowest BCUT2D eigenvalue weighted by Gasteiger charge is -2.27. The molecule has 4 heteroatoms. The Labute approximate surface area is 107 Å². The zero-order chi connectivity index (χ0) is 12.5. The molecule has 2 N–H and O–H groups in total. The fraction of sp³-hybridized carbons (Fsp3) is 0.500. The zero-order valence-electron chi connectivity index (χ0n) is 10.5. The molecule has 4 nitrogen and oxygen atoms in total. The van der Waals surface area contributed by atoms with Gasteiger partial charge in [-0.15, -0.1) is 0 Å². The topological polar surface area (TPSA) is 53.9 Å². The van der Waals surface area contributed by atoms with Crippen molar-refractivity contribution in [3.8, 4) is 5.75 Å². The van der Waals surface area contributed by atoms with Crippen LogP contribution in [0.2, 0.25) is 0 Å². The molecule has 1 fully saturated rings. The van der Waals surface area contributed by atoms with Crippen molar-refractivity contribution in [3.63, 3.8) is 0 Å². The molecule has 1 aromatic carbocycles. The van der Waals surface area contributed by atoms with Gasteiger partial charge in [-0.3, -0.25) is 4.99 Å². The van der Waals surface area contributed by atoms with E-state index < -0.39 is 0 Å². The van der Waals surface area contributed by atoms with E-state index in [2.05, 4.69) is 5.32 Å². The maximum absolute atomic E-state index is 9.68. The minimum atomic E-state index is -0.182. The molecule has 1 saturated carbocycles. The monoisotopic (exact) mass is 246 g/mol. The number of hydrogen-bond donors (Lipinski definition) is 2. The Kier molecular flexibility index (Phi) is 2.96. The number of aliphatic hydroxyl groups is 1. The van der Waals surface area contributed by atoms with Gasteiger partial charge >= 0.3 is 0 Å². The fourth-order valence-electron chi connectivity index (χ4n) is 2.75. The van der Waals surface area contributed by atoms with E-state index in [1.165, 1.54) is 0 Å². The van der Waals surface area contributed by atoms with Crippen molar-refractivity contribution in [2.45, 2.75) is 37.5 Å². The van der Waals surface area contributed by atoms with Crippen LogP contribution in [0.4, 0.5) is 0 Å². The highest BCUT2D eigenvalue weighted by Crippen LogP contribution is 2.27. The van der Waals surface area contributed by atoms with Gasteiger partial charge in [0.1, 0.15) is 11.6 Å². The molecule has 1 heterocycles. The number of benzene rings is 1. The molecule has 0 aromatic heterocycles. The van der Waals surface area contributed by atoms with Gasteiger partial charge in [-0.25, -0.2) is 0 Å². The van der Waals surface area contributed by atoms with Gasteiger partial charge in [0.2, 0.25) is 0 Å². The maximum atomic E-state index is 9.68. The Morgan fingerprint density at radius 1 is 1.39 bits per heavy atom. The molecule has 18 heavy (non-hydrogen) atoms. The summed E-state index contributed by atoms with van der Waals surface area (Å²) in [5.74, 6) is 1.77. The van der Waals surface area contributed by atoms with Crippen LogP contribution >= 0.6 is 0 Å². The third-order valence-electron chi connectivity index (χ3n) is 3.75. The zero-order valence-corrected chi connectivity index (χ0v) is 10.5. The van der Waals surface area contributed by atoms with E-state index in [1.807, 2.05) is 24.3 Å². The number of fused-ring (bicyclic) bond motifs is 1. The SMILES string of the molecule is COc1cccc(C2=NC3CCC(O)CC3N2)c1. The molecule has 0 saturated heterocycles. The average molecular weight is 246 g/mol. The van der Waals surface area contributed by atoms with Crippen LogP contribution in [-0.2, 0) is 0 Å². The Balaban J connectivity index is 1.81. The molecular formula is C14H18N2O2. The number of amidine groups is 1. The van der Waals surface area contributed by atoms with Gasteiger partial charge in [-0.2, -0.15) is 0 Å². The first-order valence-corrected chi connectivity index (χ1v) is 6.43. The van der Waals surface area contributed by atoms with Crippen LogP contribution < -0.4 is 10.1 Å². The van der Waals surface area contributed by atoms with E-state index in [9.17, 15) is 5.11 Å². The van der Waals surface area contributed by atoms with E-state index in [4.69, 9.17) is 9.73 Å². The molecule has 3 unspecified atom stereocenters. The third-order valence-corrected chi connectivity index (χ3v) is 3.75. The summed E-state index contributed by atoms with van der Waals surface area (Å²) in [7, 11) is 1.67. The first-order valence-electron chi connectivity index (χ1n) is 6.43. The smallest absolute Gasteiger partial charge is 0.129 e. The molecular weight excluding hydrogens is 228 g/mol. The van der Waals surface area contributed by atoms with Gasteiger partial charge in [0, 0.05) is 5.56 Å². The van der Waals surface area contributed by atoms with Crippen molar-refractivity contribution in [3.05, 3.63) is 29.8 Å². The number of nitrogens with one attached hydrogen (secondary N) is 1. The molecule has 96 valence electrons. The third kappa shape index (κ3) is 2.08. The normalized spacial score (nSPS) is 30.3. The van der Waals surface area contributed by atoms with Crippen LogP contribution in [0.25, 0.3) is 0 Å². The predicted molar refractivity (Wildman–Crippen MR) is 70.1 cm³/mol. The van der Waals surface area contributed by atoms with E-state index in [-0.39, 0.29) is 12.1 Å². The number of nitrogens with zero attached hydrogens (tertiary/aromatic N) is 1. The second kappa shape index (κ2) is 4.61. The molecule has 1 aliphatic heterocycles. The van der Waals surface area contributed by atoms with Gasteiger partial charge in [-0.05, 0) is 31.4 Å². The summed E-state index contributed by atoms with van der Waals surface area (Å²) in [6, 6.07) is 8.51. The van der Waals surface area contributed by atoms with E-state index in [1.54, 1.807) is 7.11 Å². The Hall–Kier alpha value is -1.55. The van der Waals surface area contributed by atoms with Gasteiger partial charge in [0.05, 0.1) is 25.3 Å². The molecule has 0 bridgehead atoms. The molecule has 3 rings (SSSR count). The second-order valence-corrected chi connectivity index (χ2v) is 4.99. The number of aliphatic hydroxyl groups excluding tert-OH is 1. The quantitative estimate of drug-likeness (QED) is 0.827. The van der Waals surface area contributed by atoms with Crippen LogP contribution in [0.1, 0.15) is 24.8 Å². The molecule has 0 amide bonds. The van der Waals surface area contributed by atoms with E-state index in [0.717, 1.165) is 36.4 Å². The van der Waals surface area contributed by atoms with Crippen LogP contribution in [-0.4, -0.2) is 36.2 Å². The number of aliphatic imine (C=N–C) groups is 1. The molecule has 1 aromatic rings. The highest BCUT2D eigenvalue weighted by Gasteiger charge is 2.34. The van der Waals surface area contributed by atoms with Crippen LogP contribution in [0.15, 0.2) is 29.3 Å². The minimum Gasteiger partial charge on any atom is -0.497 e. The predicted octanol–water partition coefficient (Wildman–Crippen LogP) is 1.33. The van der Waals surface area contributed by atoms with Crippen molar-refractivity contribution in [1.82, 2.24) is 5.32 Å². The van der Waals surface area contributed by atoms with Gasteiger partial charge in [0.25, 0.3) is 0 Å². The fourth-order valence-corrected chi connectivity index (χ4v) is 2.75. The molecule has 3 atom stereocenters. The Morgan fingerprint density at radius 3 is 3.11 bits per heavy atom. The molecule has 0 spiro atoms. The lowest BCUT2D eigenvalue weighted by molar-refractivity contribution is 0.112. The van der Waals surface area contributed by atoms with Crippen molar-refractivity contribution < 1.29 is 9.84 Å². The van der Waals surface area contributed by atoms with Crippen molar-refractivity contribution in [2.75, 3.05) is 7.11 Å². The summed E-state index contributed by atoms with van der Waals surface area (Å²) >= 11 is 0. The van der Waals surface area contributed by atoms with Crippen LogP contribution in [0, 0.1) is 0 Å². The number of methoxy groups -OCH3 is 1. The van der Waals surface area contributed by atoms with E-state index in [0.29, 0.717) is 6.04 Å². The average Bonchev–Trinajstić information content (AvgIpc) is 2.81. The highest BCUT2D eigenvalue weighted by atomic mass is 16.5. The molecule has 1 aliphatic carbocycles. The van der Waals surface area contributed by atoms with Gasteiger partial charge in [0.15, 0.2) is 0 Å². The van der Waals surface area contributed by atoms with Crippen molar-refractivity contribution in [1.29, 1.82) is 0 Å². The molecule has 2 aliphatic rings.